The second-order valence-electron chi connectivity index (χ2n) is 5.41. The highest BCUT2D eigenvalue weighted by Crippen LogP contribution is 2.27. The molecule has 3 nitrogen and oxygen atoms in total. The fourth-order valence-electron chi connectivity index (χ4n) is 3.11. The summed E-state index contributed by atoms with van der Waals surface area (Å²) in [5, 5.41) is 12.7. The Bertz CT molecular complexity index is 430. The Morgan fingerprint density at radius 2 is 2.11 bits per heavy atom. The summed E-state index contributed by atoms with van der Waals surface area (Å²) in [6, 6.07) is 5.13. The molecule has 98 valence electrons. The fourth-order valence-corrected chi connectivity index (χ4v) is 3.11. The van der Waals surface area contributed by atoms with E-state index < -0.39 is 5.82 Å². The molecule has 0 amide bonds. The van der Waals surface area contributed by atoms with Crippen molar-refractivity contribution in [3.63, 3.8) is 0 Å². The zero-order valence-corrected chi connectivity index (χ0v) is 10.4. The van der Waals surface area contributed by atoms with Crippen molar-refractivity contribution < 1.29 is 9.50 Å². The topological polar surface area (TPSA) is 35.5 Å². The lowest BCUT2D eigenvalue weighted by atomic mass is 9.84. The summed E-state index contributed by atoms with van der Waals surface area (Å²) < 4.78 is 13.2. The Kier molecular flexibility index (Phi) is 3.22. The number of rotatable bonds is 3. The molecule has 1 aromatic rings. The van der Waals surface area contributed by atoms with Gasteiger partial charge in [0.05, 0.1) is 0 Å². The molecule has 4 rings (SSSR count). The van der Waals surface area contributed by atoms with Gasteiger partial charge in [-0.25, -0.2) is 4.39 Å². The third-order valence-electron chi connectivity index (χ3n) is 4.24. The molecule has 3 aliphatic heterocycles. The van der Waals surface area contributed by atoms with Gasteiger partial charge < -0.3 is 15.3 Å². The van der Waals surface area contributed by atoms with Gasteiger partial charge in [-0.2, -0.15) is 0 Å². The van der Waals surface area contributed by atoms with Gasteiger partial charge in [-0.15, -0.1) is 0 Å². The summed E-state index contributed by atoms with van der Waals surface area (Å²) in [7, 11) is 0. The fraction of sp³-hybridized carbons (Fsp3) is 0.571. The van der Waals surface area contributed by atoms with E-state index in [1.165, 1.54) is 38.1 Å². The highest BCUT2D eigenvalue weighted by molar-refractivity contribution is 5.27. The molecule has 1 unspecified atom stereocenters. The second kappa shape index (κ2) is 4.86. The minimum absolute atomic E-state index is 0.276. The Labute approximate surface area is 107 Å². The van der Waals surface area contributed by atoms with E-state index in [-0.39, 0.29) is 5.75 Å². The molecule has 2 bridgehead atoms. The molecule has 3 fully saturated rings. The van der Waals surface area contributed by atoms with Gasteiger partial charge in [-0.3, -0.25) is 0 Å². The number of aromatic hydroxyl groups is 1. The molecule has 0 saturated carbocycles. The number of fused-ring (bicyclic) bond motifs is 3. The first kappa shape index (κ1) is 11.9. The first-order valence-corrected chi connectivity index (χ1v) is 6.65. The number of phenolic OH excluding ortho intramolecular Hbond substituents is 1. The van der Waals surface area contributed by atoms with Crippen LogP contribution in [-0.4, -0.2) is 35.7 Å². The van der Waals surface area contributed by atoms with E-state index in [9.17, 15) is 4.39 Å². The molecular formula is C14H19FN2O. The average Bonchev–Trinajstić information content (AvgIpc) is 2.41. The molecule has 18 heavy (non-hydrogen) atoms. The lowest BCUT2D eigenvalue weighted by Gasteiger charge is -2.45. The predicted octanol–water partition coefficient (Wildman–Crippen LogP) is 1.72. The first-order chi connectivity index (χ1) is 8.72. The van der Waals surface area contributed by atoms with Crippen LogP contribution < -0.4 is 5.32 Å². The minimum atomic E-state index is -0.539. The molecule has 0 radical (unpaired) electrons. The van der Waals surface area contributed by atoms with Gasteiger partial charge in [0.15, 0.2) is 11.6 Å². The van der Waals surface area contributed by atoms with Crippen LogP contribution in [0.5, 0.6) is 5.75 Å². The molecule has 3 saturated heterocycles. The van der Waals surface area contributed by atoms with Crippen LogP contribution in [0.3, 0.4) is 0 Å². The Morgan fingerprint density at radius 3 is 2.72 bits per heavy atom. The highest BCUT2D eigenvalue weighted by atomic mass is 19.1. The van der Waals surface area contributed by atoms with Gasteiger partial charge in [-0.05, 0) is 49.5 Å². The standard InChI is InChI=1S/C14H19FN2O/c15-12-7-10(1-2-14(12)18)8-16-13-9-17-5-3-11(13)4-6-17/h1-2,7,11,13,16,18H,3-6,8-9H2. The number of phenols is 1. The molecule has 1 atom stereocenters. The number of piperidine rings is 3. The van der Waals surface area contributed by atoms with Crippen LogP contribution in [0.25, 0.3) is 0 Å². The molecule has 2 N–H and O–H groups in total. The lowest BCUT2D eigenvalue weighted by molar-refractivity contribution is 0.0720. The first-order valence-electron chi connectivity index (χ1n) is 6.65. The van der Waals surface area contributed by atoms with E-state index in [1.807, 2.05) is 0 Å². The van der Waals surface area contributed by atoms with E-state index in [2.05, 4.69) is 10.2 Å². The number of hydrogen-bond donors (Lipinski definition) is 2. The molecule has 3 aliphatic rings. The van der Waals surface area contributed by atoms with Crippen molar-refractivity contribution in [2.45, 2.75) is 25.4 Å². The maximum absolute atomic E-state index is 13.2. The quantitative estimate of drug-likeness (QED) is 0.857. The smallest absolute Gasteiger partial charge is 0.165 e. The van der Waals surface area contributed by atoms with Gasteiger partial charge in [0, 0.05) is 19.1 Å². The normalized spacial score (nSPS) is 30.6. The third-order valence-corrected chi connectivity index (χ3v) is 4.24. The average molecular weight is 250 g/mol. The second-order valence-corrected chi connectivity index (χ2v) is 5.41. The molecular weight excluding hydrogens is 231 g/mol. The van der Waals surface area contributed by atoms with E-state index in [0.29, 0.717) is 12.6 Å². The van der Waals surface area contributed by atoms with E-state index in [4.69, 9.17) is 5.11 Å². The van der Waals surface area contributed by atoms with Gasteiger partial charge in [0.25, 0.3) is 0 Å². The minimum Gasteiger partial charge on any atom is -0.505 e. The molecule has 0 aliphatic carbocycles. The summed E-state index contributed by atoms with van der Waals surface area (Å²) in [6.45, 7) is 4.25. The number of benzene rings is 1. The van der Waals surface area contributed by atoms with Crippen molar-refractivity contribution in [1.82, 2.24) is 10.2 Å². The van der Waals surface area contributed by atoms with Crippen molar-refractivity contribution in [3.05, 3.63) is 29.6 Å². The number of nitrogens with zero attached hydrogens (tertiary/aromatic N) is 1. The predicted molar refractivity (Wildman–Crippen MR) is 67.9 cm³/mol. The Hall–Kier alpha value is -1.13. The molecule has 1 aromatic carbocycles. The molecule has 0 aromatic heterocycles. The third kappa shape index (κ3) is 2.35. The van der Waals surface area contributed by atoms with Crippen LogP contribution in [0.1, 0.15) is 18.4 Å². The monoisotopic (exact) mass is 250 g/mol. The van der Waals surface area contributed by atoms with Crippen LogP contribution in [0.4, 0.5) is 4.39 Å². The van der Waals surface area contributed by atoms with Crippen molar-refractivity contribution in [2.75, 3.05) is 19.6 Å². The van der Waals surface area contributed by atoms with E-state index >= 15 is 0 Å². The summed E-state index contributed by atoms with van der Waals surface area (Å²) in [4.78, 5) is 2.50. The molecule has 0 spiro atoms. The van der Waals surface area contributed by atoms with Gasteiger partial charge in [-0.1, -0.05) is 6.07 Å². The van der Waals surface area contributed by atoms with Crippen molar-refractivity contribution >= 4 is 0 Å². The summed E-state index contributed by atoms with van der Waals surface area (Å²) in [5.74, 6) is -0.0400. The number of nitrogens with one attached hydrogen (secondary N) is 1. The maximum Gasteiger partial charge on any atom is 0.165 e. The molecule has 4 heteroatoms. The SMILES string of the molecule is Oc1ccc(CNC2CN3CCC2CC3)cc1F. The van der Waals surface area contributed by atoms with Crippen molar-refractivity contribution in [2.24, 2.45) is 5.92 Å². The van der Waals surface area contributed by atoms with Crippen molar-refractivity contribution in [1.29, 1.82) is 0 Å². The summed E-state index contributed by atoms with van der Waals surface area (Å²) in [5.41, 5.74) is 0.891. The maximum atomic E-state index is 13.2. The van der Waals surface area contributed by atoms with E-state index in [1.54, 1.807) is 6.07 Å². The Morgan fingerprint density at radius 1 is 1.33 bits per heavy atom. The van der Waals surface area contributed by atoms with Gasteiger partial charge >= 0.3 is 0 Å². The number of halogens is 1. The number of hydrogen-bond acceptors (Lipinski definition) is 3. The van der Waals surface area contributed by atoms with Crippen LogP contribution in [0, 0.1) is 11.7 Å². The Balaban J connectivity index is 1.59. The van der Waals surface area contributed by atoms with Crippen LogP contribution in [0.15, 0.2) is 18.2 Å². The molecule has 3 heterocycles. The van der Waals surface area contributed by atoms with Crippen molar-refractivity contribution in [3.8, 4) is 5.75 Å². The highest BCUT2D eigenvalue weighted by Gasteiger charge is 2.33. The van der Waals surface area contributed by atoms with Crippen LogP contribution in [-0.2, 0) is 6.54 Å². The largest absolute Gasteiger partial charge is 0.505 e. The van der Waals surface area contributed by atoms with E-state index in [0.717, 1.165) is 18.0 Å². The van der Waals surface area contributed by atoms with Gasteiger partial charge in [0.2, 0.25) is 0 Å². The van der Waals surface area contributed by atoms with Crippen LogP contribution >= 0.6 is 0 Å². The summed E-state index contributed by atoms with van der Waals surface area (Å²) >= 11 is 0. The lowest BCUT2D eigenvalue weighted by Crippen LogP contribution is -2.55. The zero-order chi connectivity index (χ0) is 12.5. The zero-order valence-electron chi connectivity index (χ0n) is 10.4. The van der Waals surface area contributed by atoms with Gasteiger partial charge in [0.1, 0.15) is 0 Å². The van der Waals surface area contributed by atoms with Crippen LogP contribution in [0.2, 0.25) is 0 Å². The summed E-state index contributed by atoms with van der Waals surface area (Å²) in [6.07, 6.45) is 2.56.